The minimum Gasteiger partial charge on any atom is -0.394 e. The molecule has 0 saturated carbocycles. The molecule has 4 aromatic carbocycles. The second-order valence-corrected chi connectivity index (χ2v) is 13.6. The minimum atomic E-state index is -0.467. The molecule has 0 spiro atoms. The van der Waals surface area contributed by atoms with E-state index < -0.39 is 17.8 Å². The summed E-state index contributed by atoms with van der Waals surface area (Å²) < 4.78 is 16.2. The van der Waals surface area contributed by atoms with E-state index in [0.717, 1.165) is 36.8 Å². The predicted octanol–water partition coefficient (Wildman–Crippen LogP) is 7.84. The zero-order valence-electron chi connectivity index (χ0n) is 30.5. The maximum Gasteiger partial charge on any atom is 0.274 e. The number of hydrogen-bond acceptors (Lipinski definition) is 5. The van der Waals surface area contributed by atoms with Gasteiger partial charge in [0.2, 0.25) is 0 Å². The SMILES string of the molecule is CCCCN(CCCC)C(=O)c1cc(C)n(-c2ccc(NC(=O)c3cccc(-c4ccccc4F)c3)cc2C(=O)N2Cc3ccccc3C[C@H]2CO)n1. The summed E-state index contributed by atoms with van der Waals surface area (Å²) in [5.74, 6) is -1.33. The average Bonchev–Trinajstić information content (AvgIpc) is 3.58. The lowest BCUT2D eigenvalue weighted by Crippen LogP contribution is -2.46. The number of unbranched alkanes of at least 4 members (excludes halogenated alkanes) is 2. The van der Waals surface area contributed by atoms with Crippen LogP contribution in [0.4, 0.5) is 10.1 Å². The Kier molecular flexibility index (Phi) is 11.8. The van der Waals surface area contributed by atoms with Crippen molar-refractivity contribution in [1.82, 2.24) is 19.6 Å². The van der Waals surface area contributed by atoms with Crippen LogP contribution in [0.25, 0.3) is 16.8 Å². The Morgan fingerprint density at radius 2 is 1.60 bits per heavy atom. The lowest BCUT2D eigenvalue weighted by atomic mass is 9.93. The molecule has 0 aliphatic carbocycles. The van der Waals surface area contributed by atoms with Crippen molar-refractivity contribution in [3.8, 4) is 16.8 Å². The highest BCUT2D eigenvalue weighted by Gasteiger charge is 2.32. The van der Waals surface area contributed by atoms with Crippen molar-refractivity contribution in [2.24, 2.45) is 0 Å². The van der Waals surface area contributed by atoms with E-state index in [0.29, 0.717) is 65.5 Å². The van der Waals surface area contributed by atoms with Crippen molar-refractivity contribution < 1.29 is 23.9 Å². The molecule has 1 aliphatic rings. The highest BCUT2D eigenvalue weighted by atomic mass is 19.1. The summed E-state index contributed by atoms with van der Waals surface area (Å²) in [5.41, 5.74) is 5.34. The maximum absolute atomic E-state index is 14.7. The van der Waals surface area contributed by atoms with Crippen LogP contribution >= 0.6 is 0 Å². The fourth-order valence-electron chi connectivity index (χ4n) is 6.84. The van der Waals surface area contributed by atoms with Crippen LogP contribution in [0.1, 0.15) is 87.6 Å². The van der Waals surface area contributed by atoms with Crippen molar-refractivity contribution in [2.45, 2.75) is 65.5 Å². The molecule has 10 heteroatoms. The van der Waals surface area contributed by atoms with Crippen molar-refractivity contribution in [1.29, 1.82) is 0 Å². The fourth-order valence-corrected chi connectivity index (χ4v) is 6.84. The molecule has 53 heavy (non-hydrogen) atoms. The molecule has 274 valence electrons. The maximum atomic E-state index is 14.7. The number of aliphatic hydroxyl groups is 1. The van der Waals surface area contributed by atoms with Crippen molar-refractivity contribution in [2.75, 3.05) is 25.0 Å². The number of nitrogens with one attached hydrogen (secondary N) is 1. The quantitative estimate of drug-likeness (QED) is 0.129. The van der Waals surface area contributed by atoms with Gasteiger partial charge in [0, 0.05) is 42.1 Å². The van der Waals surface area contributed by atoms with Crippen molar-refractivity contribution >= 4 is 23.4 Å². The minimum absolute atomic E-state index is 0.156. The summed E-state index contributed by atoms with van der Waals surface area (Å²) in [4.78, 5) is 45.5. The Labute approximate surface area is 310 Å². The Morgan fingerprint density at radius 3 is 2.32 bits per heavy atom. The lowest BCUT2D eigenvalue weighted by Gasteiger charge is -2.36. The molecule has 2 heterocycles. The van der Waals surface area contributed by atoms with Gasteiger partial charge in [-0.15, -0.1) is 0 Å². The molecule has 0 fully saturated rings. The second kappa shape index (κ2) is 16.8. The summed E-state index contributed by atoms with van der Waals surface area (Å²) in [6, 6.07) is 27.3. The third-order valence-electron chi connectivity index (χ3n) is 9.81. The van der Waals surface area contributed by atoms with Crippen LogP contribution in [0.15, 0.2) is 97.1 Å². The molecule has 0 radical (unpaired) electrons. The number of anilines is 1. The summed E-state index contributed by atoms with van der Waals surface area (Å²) in [6.45, 7) is 7.38. The Balaban J connectivity index is 1.37. The van der Waals surface area contributed by atoms with E-state index in [9.17, 15) is 23.9 Å². The Morgan fingerprint density at radius 1 is 0.887 bits per heavy atom. The molecule has 6 rings (SSSR count). The molecule has 1 aliphatic heterocycles. The number of hydrogen-bond donors (Lipinski definition) is 2. The van der Waals surface area contributed by atoms with Gasteiger partial charge in [-0.25, -0.2) is 9.07 Å². The first-order valence-electron chi connectivity index (χ1n) is 18.4. The predicted molar refractivity (Wildman–Crippen MR) is 205 cm³/mol. The first-order chi connectivity index (χ1) is 25.7. The third-order valence-corrected chi connectivity index (χ3v) is 9.81. The van der Waals surface area contributed by atoms with Crippen molar-refractivity contribution in [3.05, 3.63) is 137 Å². The van der Waals surface area contributed by atoms with Gasteiger partial charge in [0.1, 0.15) is 5.82 Å². The van der Waals surface area contributed by atoms with Crippen LogP contribution in [0.2, 0.25) is 0 Å². The number of rotatable bonds is 13. The summed E-state index contributed by atoms with van der Waals surface area (Å²) in [5, 5.41) is 18.1. The first kappa shape index (κ1) is 37.2. The second-order valence-electron chi connectivity index (χ2n) is 13.6. The van der Waals surface area contributed by atoms with Gasteiger partial charge in [-0.2, -0.15) is 5.10 Å². The standard InChI is InChI=1S/C43H46FN5O4/c1-4-6-21-47(22-7-5-2)43(53)39-23-29(3)49(46-39)40-20-19-34(45-41(51)32-16-12-15-31(24-32)36-17-10-11-18-38(36)44)26-37(40)42(52)48-27-33-14-9-8-13-30(33)25-35(48)28-50/h8-20,23-24,26,35,50H,4-7,21-22,25,27-28H2,1-3H3,(H,45,51)/t35-/m0/s1. The zero-order chi connectivity index (χ0) is 37.5. The number of halogens is 1. The number of fused-ring (bicyclic) bond motifs is 1. The van der Waals surface area contributed by atoms with Crippen LogP contribution in [-0.2, 0) is 13.0 Å². The molecule has 0 unspecified atom stereocenters. The van der Waals surface area contributed by atoms with Gasteiger partial charge in [-0.1, -0.05) is 81.3 Å². The van der Waals surface area contributed by atoms with E-state index in [1.54, 1.807) is 76.3 Å². The van der Waals surface area contributed by atoms with E-state index in [1.807, 2.05) is 36.1 Å². The van der Waals surface area contributed by atoms with Gasteiger partial charge in [0.15, 0.2) is 5.69 Å². The normalized spacial score (nSPS) is 13.8. The largest absolute Gasteiger partial charge is 0.394 e. The summed E-state index contributed by atoms with van der Waals surface area (Å²) in [6.07, 6.45) is 4.20. The van der Waals surface area contributed by atoms with Crippen LogP contribution in [0, 0.1) is 12.7 Å². The number of carbonyl (C=O) groups excluding carboxylic acids is 3. The number of aliphatic hydroxyl groups excluding tert-OH is 1. The molecular formula is C43H46FN5O4. The van der Waals surface area contributed by atoms with Crippen LogP contribution < -0.4 is 5.32 Å². The Hall–Kier alpha value is -5.61. The topological polar surface area (TPSA) is 108 Å². The number of aryl methyl sites for hydroxylation is 1. The molecule has 1 aromatic heterocycles. The number of carbonyl (C=O) groups is 3. The van der Waals surface area contributed by atoms with E-state index in [2.05, 4.69) is 19.2 Å². The Bertz CT molecular complexity index is 2100. The lowest BCUT2D eigenvalue weighted by molar-refractivity contribution is 0.0544. The van der Waals surface area contributed by atoms with E-state index in [-0.39, 0.29) is 24.0 Å². The first-order valence-corrected chi connectivity index (χ1v) is 18.4. The highest BCUT2D eigenvalue weighted by molar-refractivity contribution is 6.06. The number of amides is 3. The molecule has 9 nitrogen and oxygen atoms in total. The molecular weight excluding hydrogens is 670 g/mol. The molecule has 1 atom stereocenters. The molecule has 2 N–H and O–H groups in total. The van der Waals surface area contributed by atoms with Gasteiger partial charge < -0.3 is 20.2 Å². The number of nitrogens with zero attached hydrogens (tertiary/aromatic N) is 4. The van der Waals surface area contributed by atoms with Crippen LogP contribution in [0.5, 0.6) is 0 Å². The summed E-state index contributed by atoms with van der Waals surface area (Å²) in [7, 11) is 0. The van der Waals surface area contributed by atoms with Crippen LogP contribution in [0.3, 0.4) is 0 Å². The molecule has 0 bridgehead atoms. The van der Waals surface area contributed by atoms with Gasteiger partial charge >= 0.3 is 0 Å². The van der Waals surface area contributed by atoms with E-state index in [4.69, 9.17) is 5.10 Å². The van der Waals surface area contributed by atoms with Crippen LogP contribution in [-0.4, -0.2) is 68.1 Å². The summed E-state index contributed by atoms with van der Waals surface area (Å²) >= 11 is 0. The van der Waals surface area contributed by atoms with Gasteiger partial charge in [-0.3, -0.25) is 14.4 Å². The number of aromatic nitrogens is 2. The molecule has 5 aromatic rings. The van der Waals surface area contributed by atoms with Gasteiger partial charge in [-0.05, 0) is 85.3 Å². The monoisotopic (exact) mass is 715 g/mol. The zero-order valence-corrected chi connectivity index (χ0v) is 30.5. The highest BCUT2D eigenvalue weighted by Crippen LogP contribution is 2.30. The smallest absolute Gasteiger partial charge is 0.274 e. The van der Waals surface area contributed by atoms with E-state index >= 15 is 0 Å². The molecule has 3 amide bonds. The fraction of sp³-hybridized carbons (Fsp3) is 0.302. The number of benzene rings is 4. The van der Waals surface area contributed by atoms with Gasteiger partial charge in [0.25, 0.3) is 17.7 Å². The molecule has 0 saturated heterocycles. The average molecular weight is 716 g/mol. The van der Waals surface area contributed by atoms with E-state index in [1.165, 1.54) is 6.07 Å². The van der Waals surface area contributed by atoms with Gasteiger partial charge in [0.05, 0.1) is 23.9 Å². The van der Waals surface area contributed by atoms with Crippen molar-refractivity contribution in [3.63, 3.8) is 0 Å². The third kappa shape index (κ3) is 8.23.